The van der Waals surface area contributed by atoms with Crippen LogP contribution < -0.4 is 10.1 Å². The molecule has 1 aliphatic heterocycles. The Kier molecular flexibility index (Phi) is 3.33. The third-order valence-electron chi connectivity index (χ3n) is 3.51. The molecule has 2 heterocycles. The summed E-state index contributed by atoms with van der Waals surface area (Å²) >= 11 is 1.75. The first kappa shape index (κ1) is 12.7. The lowest BCUT2D eigenvalue weighted by Crippen LogP contribution is -2.39. The summed E-state index contributed by atoms with van der Waals surface area (Å²) in [5.41, 5.74) is 2.52. The Morgan fingerprint density at radius 2 is 2.16 bits per heavy atom. The van der Waals surface area contributed by atoms with Crippen LogP contribution in [0.25, 0.3) is 0 Å². The molecule has 0 radical (unpaired) electrons. The van der Waals surface area contributed by atoms with Crippen molar-refractivity contribution in [3.05, 3.63) is 52.2 Å². The van der Waals surface area contributed by atoms with Crippen molar-refractivity contribution >= 4 is 11.3 Å². The number of fused-ring (bicyclic) bond motifs is 1. The number of rotatable bonds is 3. The number of thiophene rings is 1. The summed E-state index contributed by atoms with van der Waals surface area (Å²) in [5.74, 6) is 1.02. The van der Waals surface area contributed by atoms with E-state index < -0.39 is 0 Å². The van der Waals surface area contributed by atoms with Gasteiger partial charge < -0.3 is 10.1 Å². The first-order chi connectivity index (χ1) is 9.14. The minimum atomic E-state index is -0.110. The standard InChI is InChI=1S/C16H19NOS/c1-16(2)9-14(17-10-12-7-8-19-11-12)13-5-3-4-6-15(13)18-16/h3-8,11,14,17H,9-10H2,1-2H3. The number of hydrogen-bond acceptors (Lipinski definition) is 3. The Morgan fingerprint density at radius 3 is 2.95 bits per heavy atom. The second kappa shape index (κ2) is 4.99. The van der Waals surface area contributed by atoms with Crippen LogP contribution in [0.3, 0.4) is 0 Å². The molecule has 0 saturated heterocycles. The van der Waals surface area contributed by atoms with E-state index in [1.165, 1.54) is 11.1 Å². The van der Waals surface area contributed by atoms with E-state index in [4.69, 9.17) is 4.74 Å². The number of ether oxygens (including phenoxy) is 1. The van der Waals surface area contributed by atoms with Gasteiger partial charge in [0.1, 0.15) is 11.4 Å². The fourth-order valence-electron chi connectivity index (χ4n) is 2.62. The van der Waals surface area contributed by atoms with Gasteiger partial charge in [-0.2, -0.15) is 11.3 Å². The van der Waals surface area contributed by atoms with Crippen LogP contribution in [0.2, 0.25) is 0 Å². The Labute approximate surface area is 118 Å². The fourth-order valence-corrected chi connectivity index (χ4v) is 3.29. The highest BCUT2D eigenvalue weighted by Gasteiger charge is 2.33. The maximum absolute atomic E-state index is 6.05. The quantitative estimate of drug-likeness (QED) is 0.907. The molecule has 3 heteroatoms. The van der Waals surface area contributed by atoms with Crippen molar-refractivity contribution in [2.45, 2.75) is 38.5 Å². The molecule has 0 aliphatic carbocycles. The zero-order valence-electron chi connectivity index (χ0n) is 11.3. The van der Waals surface area contributed by atoms with E-state index in [2.05, 4.69) is 54.2 Å². The third-order valence-corrected chi connectivity index (χ3v) is 4.24. The Bertz CT molecular complexity index is 548. The average molecular weight is 273 g/mol. The van der Waals surface area contributed by atoms with Crippen molar-refractivity contribution in [2.24, 2.45) is 0 Å². The molecule has 3 rings (SSSR count). The van der Waals surface area contributed by atoms with E-state index in [9.17, 15) is 0 Å². The molecule has 0 bridgehead atoms. The molecule has 1 aliphatic rings. The van der Waals surface area contributed by atoms with Gasteiger partial charge in [0, 0.05) is 24.6 Å². The van der Waals surface area contributed by atoms with Gasteiger partial charge in [0.05, 0.1) is 0 Å². The summed E-state index contributed by atoms with van der Waals surface area (Å²) in [5, 5.41) is 7.98. The third kappa shape index (κ3) is 2.82. The zero-order valence-corrected chi connectivity index (χ0v) is 12.2. The highest BCUT2D eigenvalue weighted by atomic mass is 32.1. The summed E-state index contributed by atoms with van der Waals surface area (Å²) < 4.78 is 6.05. The summed E-state index contributed by atoms with van der Waals surface area (Å²) in [7, 11) is 0. The molecule has 0 fully saturated rings. The minimum Gasteiger partial charge on any atom is -0.487 e. The lowest BCUT2D eigenvalue weighted by atomic mass is 9.89. The topological polar surface area (TPSA) is 21.3 Å². The molecule has 0 spiro atoms. The lowest BCUT2D eigenvalue weighted by molar-refractivity contribution is 0.0657. The first-order valence-corrected chi connectivity index (χ1v) is 7.61. The Balaban J connectivity index is 1.80. The molecule has 1 aromatic carbocycles. The van der Waals surface area contributed by atoms with E-state index >= 15 is 0 Å². The smallest absolute Gasteiger partial charge is 0.124 e. The van der Waals surface area contributed by atoms with Gasteiger partial charge in [-0.05, 0) is 42.3 Å². The summed E-state index contributed by atoms with van der Waals surface area (Å²) in [6.07, 6.45) is 0.994. The number of para-hydroxylation sites is 1. The zero-order chi connectivity index (χ0) is 13.3. The highest BCUT2D eigenvalue weighted by molar-refractivity contribution is 7.07. The van der Waals surface area contributed by atoms with Gasteiger partial charge in [0.2, 0.25) is 0 Å². The van der Waals surface area contributed by atoms with Gasteiger partial charge in [-0.15, -0.1) is 0 Å². The summed E-state index contributed by atoms with van der Waals surface area (Å²) in [6.45, 7) is 5.23. The largest absolute Gasteiger partial charge is 0.487 e. The second-order valence-electron chi connectivity index (χ2n) is 5.67. The van der Waals surface area contributed by atoms with Crippen LogP contribution in [-0.4, -0.2) is 5.60 Å². The van der Waals surface area contributed by atoms with Gasteiger partial charge in [-0.25, -0.2) is 0 Å². The van der Waals surface area contributed by atoms with E-state index in [1.807, 2.05) is 6.07 Å². The molecule has 1 aromatic heterocycles. The van der Waals surface area contributed by atoms with Crippen LogP contribution >= 0.6 is 11.3 Å². The maximum atomic E-state index is 6.05. The monoisotopic (exact) mass is 273 g/mol. The molecule has 0 saturated carbocycles. The van der Waals surface area contributed by atoms with Crippen LogP contribution in [0.4, 0.5) is 0 Å². The van der Waals surface area contributed by atoms with Gasteiger partial charge in [-0.3, -0.25) is 0 Å². The van der Waals surface area contributed by atoms with Crippen molar-refractivity contribution in [3.63, 3.8) is 0 Å². The summed E-state index contributed by atoms with van der Waals surface area (Å²) in [4.78, 5) is 0. The molecule has 100 valence electrons. The molecule has 1 N–H and O–H groups in total. The van der Waals surface area contributed by atoms with E-state index in [0.29, 0.717) is 6.04 Å². The van der Waals surface area contributed by atoms with E-state index in [1.54, 1.807) is 11.3 Å². The molecule has 0 amide bonds. The molecular formula is C16H19NOS. The van der Waals surface area contributed by atoms with E-state index in [0.717, 1.165) is 18.7 Å². The summed E-state index contributed by atoms with van der Waals surface area (Å²) in [6, 6.07) is 10.9. The van der Waals surface area contributed by atoms with Crippen molar-refractivity contribution in [1.82, 2.24) is 5.32 Å². The Hall–Kier alpha value is -1.32. The second-order valence-corrected chi connectivity index (χ2v) is 6.45. The molecule has 1 atom stereocenters. The van der Waals surface area contributed by atoms with Crippen LogP contribution in [0.1, 0.15) is 37.4 Å². The van der Waals surface area contributed by atoms with Gasteiger partial charge in [0.15, 0.2) is 0 Å². The van der Waals surface area contributed by atoms with Crippen molar-refractivity contribution < 1.29 is 4.74 Å². The predicted molar refractivity (Wildman–Crippen MR) is 79.7 cm³/mol. The maximum Gasteiger partial charge on any atom is 0.124 e. The Morgan fingerprint density at radius 1 is 1.32 bits per heavy atom. The lowest BCUT2D eigenvalue weighted by Gasteiger charge is -2.38. The van der Waals surface area contributed by atoms with Gasteiger partial charge in [0.25, 0.3) is 0 Å². The van der Waals surface area contributed by atoms with E-state index in [-0.39, 0.29) is 5.60 Å². The normalized spacial score (nSPS) is 20.6. The predicted octanol–water partition coefficient (Wildman–Crippen LogP) is 4.14. The van der Waals surface area contributed by atoms with Crippen LogP contribution in [0.5, 0.6) is 5.75 Å². The number of hydrogen-bond donors (Lipinski definition) is 1. The first-order valence-electron chi connectivity index (χ1n) is 6.66. The van der Waals surface area contributed by atoms with Crippen LogP contribution in [-0.2, 0) is 6.54 Å². The fraction of sp³-hybridized carbons (Fsp3) is 0.375. The van der Waals surface area contributed by atoms with Gasteiger partial charge in [-0.1, -0.05) is 18.2 Å². The highest BCUT2D eigenvalue weighted by Crippen LogP contribution is 2.39. The van der Waals surface area contributed by atoms with Crippen molar-refractivity contribution in [1.29, 1.82) is 0 Å². The number of nitrogens with one attached hydrogen (secondary N) is 1. The molecule has 1 unspecified atom stereocenters. The van der Waals surface area contributed by atoms with Gasteiger partial charge >= 0.3 is 0 Å². The SMILES string of the molecule is CC1(C)CC(NCc2ccsc2)c2ccccc2O1. The molecule has 2 aromatic rings. The van der Waals surface area contributed by atoms with Crippen molar-refractivity contribution in [3.8, 4) is 5.75 Å². The number of benzene rings is 1. The van der Waals surface area contributed by atoms with Crippen LogP contribution in [0, 0.1) is 0 Å². The van der Waals surface area contributed by atoms with Crippen LogP contribution in [0.15, 0.2) is 41.1 Å². The minimum absolute atomic E-state index is 0.110. The average Bonchev–Trinajstić information content (AvgIpc) is 2.87. The molecule has 19 heavy (non-hydrogen) atoms. The van der Waals surface area contributed by atoms with Crippen molar-refractivity contribution in [2.75, 3.05) is 0 Å². The molecular weight excluding hydrogens is 254 g/mol. The molecule has 2 nitrogen and oxygen atoms in total.